The zero-order valence-corrected chi connectivity index (χ0v) is 23.6. The SMILES string of the molecule is Cc1cc(O)cc(C)c1C[C@H](NC(=O)OC(C)(C)C)C(=O)N(C(C)C)C(C)c1ncc(-c2ccccc2)[nH]1. The number of hydrogen-bond donors (Lipinski definition) is 3. The van der Waals surface area contributed by atoms with Crippen LogP contribution < -0.4 is 5.32 Å². The summed E-state index contributed by atoms with van der Waals surface area (Å²) in [5, 5.41) is 12.8. The lowest BCUT2D eigenvalue weighted by Gasteiger charge is -2.35. The molecule has 3 aromatic rings. The van der Waals surface area contributed by atoms with Gasteiger partial charge >= 0.3 is 6.09 Å². The smallest absolute Gasteiger partial charge is 0.408 e. The first-order chi connectivity index (χ1) is 17.8. The number of imidazole rings is 1. The highest BCUT2D eigenvalue weighted by Gasteiger charge is 2.34. The predicted octanol–water partition coefficient (Wildman–Crippen LogP) is 5.83. The predicted molar refractivity (Wildman–Crippen MR) is 149 cm³/mol. The van der Waals surface area contributed by atoms with Gasteiger partial charge in [-0.1, -0.05) is 30.3 Å². The number of aryl methyl sites for hydroxylation is 2. The van der Waals surface area contributed by atoms with Gasteiger partial charge in [0, 0.05) is 12.5 Å². The number of H-pyrrole nitrogens is 1. The Morgan fingerprint density at radius 2 is 1.68 bits per heavy atom. The summed E-state index contributed by atoms with van der Waals surface area (Å²) < 4.78 is 5.49. The molecule has 204 valence electrons. The van der Waals surface area contributed by atoms with Crippen molar-refractivity contribution < 1.29 is 19.4 Å². The summed E-state index contributed by atoms with van der Waals surface area (Å²) in [5.41, 5.74) is 3.72. The van der Waals surface area contributed by atoms with E-state index in [1.165, 1.54) is 0 Å². The van der Waals surface area contributed by atoms with E-state index in [1.807, 2.05) is 65.0 Å². The number of phenolic OH excluding ortho intramolecular Hbond substituents is 1. The summed E-state index contributed by atoms with van der Waals surface area (Å²) >= 11 is 0. The number of ether oxygens (including phenoxy) is 1. The number of alkyl carbamates (subject to hydrolysis) is 1. The van der Waals surface area contributed by atoms with E-state index in [0.717, 1.165) is 27.9 Å². The Hall–Kier alpha value is -3.81. The summed E-state index contributed by atoms with van der Waals surface area (Å²) in [6.45, 7) is 14.9. The van der Waals surface area contributed by atoms with Crippen LogP contribution in [0.5, 0.6) is 5.75 Å². The number of aromatic hydroxyl groups is 1. The zero-order chi connectivity index (χ0) is 28.2. The monoisotopic (exact) mass is 520 g/mol. The van der Waals surface area contributed by atoms with E-state index >= 15 is 0 Å². The van der Waals surface area contributed by atoms with Crippen LogP contribution in [0.2, 0.25) is 0 Å². The molecule has 0 spiro atoms. The van der Waals surface area contributed by atoms with E-state index in [9.17, 15) is 14.7 Å². The first-order valence-corrected chi connectivity index (χ1v) is 13.0. The highest BCUT2D eigenvalue weighted by atomic mass is 16.6. The standard InChI is InChI=1S/C30H40N4O4/c1-18(2)34(21(5)27-31-17-26(32-27)22-12-10-9-11-13-22)28(36)25(33-29(37)38-30(6,7)8)16-24-19(3)14-23(35)15-20(24)4/h9-15,17-18,21,25,35H,16H2,1-8H3,(H,31,32)(H,33,37)/t21?,25-/m0/s1. The first kappa shape index (κ1) is 28.8. The molecule has 3 rings (SSSR count). The van der Waals surface area contributed by atoms with E-state index in [-0.39, 0.29) is 30.2 Å². The molecule has 0 aliphatic carbocycles. The third kappa shape index (κ3) is 7.15. The van der Waals surface area contributed by atoms with Crippen LogP contribution in [-0.4, -0.2) is 49.7 Å². The lowest BCUT2D eigenvalue weighted by molar-refractivity contribution is -0.137. The molecule has 8 heteroatoms. The van der Waals surface area contributed by atoms with Crippen molar-refractivity contribution in [2.24, 2.45) is 0 Å². The highest BCUT2D eigenvalue weighted by molar-refractivity contribution is 5.86. The molecule has 1 aromatic heterocycles. The molecule has 8 nitrogen and oxygen atoms in total. The van der Waals surface area contributed by atoms with Crippen molar-refractivity contribution in [3.8, 4) is 17.0 Å². The van der Waals surface area contributed by atoms with E-state index < -0.39 is 17.7 Å². The average Bonchev–Trinajstić information content (AvgIpc) is 3.30. The van der Waals surface area contributed by atoms with Gasteiger partial charge in [0.25, 0.3) is 0 Å². The minimum absolute atomic E-state index is 0.163. The number of aromatic amines is 1. The number of carbonyl (C=O) groups is 2. The number of hydrogen-bond acceptors (Lipinski definition) is 5. The molecule has 2 amide bonds. The second kappa shape index (κ2) is 11.7. The molecule has 2 aromatic carbocycles. The summed E-state index contributed by atoms with van der Waals surface area (Å²) in [5.74, 6) is 0.568. The van der Waals surface area contributed by atoms with E-state index in [4.69, 9.17) is 4.74 Å². The fourth-order valence-corrected chi connectivity index (χ4v) is 4.66. The fourth-order valence-electron chi connectivity index (χ4n) is 4.66. The van der Waals surface area contributed by atoms with Gasteiger partial charge in [0.1, 0.15) is 23.2 Å². The van der Waals surface area contributed by atoms with Crippen LogP contribution >= 0.6 is 0 Å². The van der Waals surface area contributed by atoms with Crippen molar-refractivity contribution >= 4 is 12.0 Å². The van der Waals surface area contributed by atoms with Crippen molar-refractivity contribution in [3.05, 3.63) is 71.2 Å². The molecule has 0 aliphatic heterocycles. The van der Waals surface area contributed by atoms with Gasteiger partial charge in [-0.2, -0.15) is 0 Å². The molecular weight excluding hydrogens is 480 g/mol. The van der Waals surface area contributed by atoms with E-state index in [2.05, 4.69) is 15.3 Å². The van der Waals surface area contributed by atoms with Gasteiger partial charge in [0.2, 0.25) is 5.91 Å². The molecule has 3 N–H and O–H groups in total. The molecule has 0 saturated heterocycles. The molecule has 0 fully saturated rings. The van der Waals surface area contributed by atoms with Gasteiger partial charge < -0.3 is 25.0 Å². The van der Waals surface area contributed by atoms with E-state index in [0.29, 0.717) is 5.82 Å². The number of nitrogens with one attached hydrogen (secondary N) is 2. The summed E-state index contributed by atoms with van der Waals surface area (Å²) in [7, 11) is 0. The van der Waals surface area contributed by atoms with Crippen molar-refractivity contribution in [3.63, 3.8) is 0 Å². The Bertz CT molecular complexity index is 1240. The number of aromatic nitrogens is 2. The number of phenols is 1. The van der Waals surface area contributed by atoms with Crippen molar-refractivity contribution in [2.75, 3.05) is 0 Å². The minimum atomic E-state index is -0.889. The molecule has 1 unspecified atom stereocenters. The first-order valence-electron chi connectivity index (χ1n) is 13.0. The number of amides is 2. The number of carbonyl (C=O) groups excluding carboxylic acids is 2. The Morgan fingerprint density at radius 3 is 2.24 bits per heavy atom. The topological polar surface area (TPSA) is 108 Å². The Labute approximate surface area is 225 Å². The molecule has 38 heavy (non-hydrogen) atoms. The molecule has 0 saturated carbocycles. The zero-order valence-electron chi connectivity index (χ0n) is 23.6. The van der Waals surface area contributed by atoms with Gasteiger partial charge in [-0.05, 0) is 89.8 Å². The molecule has 1 heterocycles. The number of rotatable bonds is 8. The Morgan fingerprint density at radius 1 is 1.08 bits per heavy atom. The van der Waals surface area contributed by atoms with Crippen LogP contribution in [0.3, 0.4) is 0 Å². The third-order valence-corrected chi connectivity index (χ3v) is 6.38. The summed E-state index contributed by atoms with van der Waals surface area (Å²) in [6, 6.07) is 11.7. The van der Waals surface area contributed by atoms with Gasteiger partial charge in [-0.25, -0.2) is 9.78 Å². The number of nitrogens with zero attached hydrogens (tertiary/aromatic N) is 2. The molecule has 0 bridgehead atoms. The van der Waals surface area contributed by atoms with Crippen LogP contribution in [0.15, 0.2) is 48.7 Å². The second-order valence-electron chi connectivity index (χ2n) is 11.0. The van der Waals surface area contributed by atoms with E-state index in [1.54, 1.807) is 44.0 Å². The quantitative estimate of drug-likeness (QED) is 0.346. The lowest BCUT2D eigenvalue weighted by Crippen LogP contribution is -2.53. The van der Waals surface area contributed by atoms with Crippen molar-refractivity contribution in [1.29, 1.82) is 0 Å². The fraction of sp³-hybridized carbons (Fsp3) is 0.433. The Kier molecular flexibility index (Phi) is 8.86. The summed E-state index contributed by atoms with van der Waals surface area (Å²) in [4.78, 5) is 36.6. The largest absolute Gasteiger partial charge is 0.508 e. The minimum Gasteiger partial charge on any atom is -0.508 e. The third-order valence-electron chi connectivity index (χ3n) is 6.38. The van der Waals surface area contributed by atoms with Crippen LogP contribution in [0.4, 0.5) is 4.79 Å². The molecule has 0 aliphatic rings. The molecule has 2 atom stereocenters. The highest BCUT2D eigenvalue weighted by Crippen LogP contribution is 2.27. The lowest BCUT2D eigenvalue weighted by atomic mass is 9.95. The maximum Gasteiger partial charge on any atom is 0.408 e. The van der Waals surface area contributed by atoms with Crippen molar-refractivity contribution in [2.45, 2.75) is 85.5 Å². The Balaban J connectivity index is 1.95. The summed E-state index contributed by atoms with van der Waals surface area (Å²) in [6.07, 6.45) is 1.36. The van der Waals surface area contributed by atoms with Crippen LogP contribution in [0.25, 0.3) is 11.3 Å². The van der Waals surface area contributed by atoms with Gasteiger partial charge in [-0.3, -0.25) is 4.79 Å². The maximum absolute atomic E-state index is 14.1. The average molecular weight is 521 g/mol. The second-order valence-corrected chi connectivity index (χ2v) is 11.0. The van der Waals surface area contributed by atoms with Crippen LogP contribution in [-0.2, 0) is 16.0 Å². The maximum atomic E-state index is 14.1. The molecular formula is C30H40N4O4. The van der Waals surface area contributed by atoms with Crippen molar-refractivity contribution in [1.82, 2.24) is 20.2 Å². The van der Waals surface area contributed by atoms with Crippen LogP contribution in [0, 0.1) is 13.8 Å². The van der Waals surface area contributed by atoms with Gasteiger partial charge in [0.15, 0.2) is 0 Å². The normalized spacial score (nSPS) is 13.2. The van der Waals surface area contributed by atoms with Crippen LogP contribution in [0.1, 0.15) is 70.1 Å². The van der Waals surface area contributed by atoms with Gasteiger partial charge in [-0.15, -0.1) is 0 Å². The molecule has 0 radical (unpaired) electrons. The number of benzene rings is 2. The van der Waals surface area contributed by atoms with Gasteiger partial charge in [0.05, 0.1) is 17.9 Å².